The fourth-order valence-electron chi connectivity index (χ4n) is 2.20. The molecule has 2 N–H and O–H groups in total. The number of hydrogen-bond donors (Lipinski definition) is 2. The fraction of sp³-hybridized carbons (Fsp3) is 0.176. The standard InChI is InChI=1S/C17H16FN3O2S/c1-17(23,15-3-2-10-24-15)11-19-16(22)14-8-9-21(20-14)13-6-4-12(18)5-7-13/h2-10,23H,11H2,1H3,(H,19,22). The normalized spacial score (nSPS) is 13.5. The summed E-state index contributed by atoms with van der Waals surface area (Å²) in [5.74, 6) is -0.715. The molecule has 3 rings (SSSR count). The highest BCUT2D eigenvalue weighted by atomic mass is 32.1. The molecule has 0 spiro atoms. The Kier molecular flexibility index (Phi) is 4.46. The second-order valence-corrected chi connectivity index (χ2v) is 6.50. The zero-order chi connectivity index (χ0) is 17.2. The Morgan fingerprint density at radius 2 is 2.08 bits per heavy atom. The molecule has 0 saturated carbocycles. The molecule has 1 amide bonds. The van der Waals surface area contributed by atoms with E-state index in [9.17, 15) is 14.3 Å². The van der Waals surface area contributed by atoms with E-state index in [0.29, 0.717) is 5.69 Å². The number of halogens is 1. The molecule has 1 atom stereocenters. The molecular formula is C17H16FN3O2S. The first-order chi connectivity index (χ1) is 11.5. The van der Waals surface area contributed by atoms with Crippen molar-refractivity contribution in [2.45, 2.75) is 12.5 Å². The predicted molar refractivity (Wildman–Crippen MR) is 89.7 cm³/mol. The van der Waals surface area contributed by atoms with Crippen LogP contribution >= 0.6 is 11.3 Å². The second-order valence-electron chi connectivity index (χ2n) is 5.56. The van der Waals surface area contributed by atoms with E-state index in [-0.39, 0.29) is 24.0 Å². The molecule has 24 heavy (non-hydrogen) atoms. The number of amides is 1. The molecule has 1 aromatic carbocycles. The number of thiophene rings is 1. The molecule has 0 bridgehead atoms. The van der Waals surface area contributed by atoms with Crippen molar-refractivity contribution in [3.05, 3.63) is 70.4 Å². The van der Waals surface area contributed by atoms with E-state index in [1.807, 2.05) is 17.5 Å². The minimum Gasteiger partial charge on any atom is -0.383 e. The van der Waals surface area contributed by atoms with Crippen LogP contribution in [0.4, 0.5) is 4.39 Å². The van der Waals surface area contributed by atoms with Gasteiger partial charge in [-0.15, -0.1) is 11.3 Å². The number of aromatic nitrogens is 2. The van der Waals surface area contributed by atoms with Crippen molar-refractivity contribution in [2.24, 2.45) is 0 Å². The van der Waals surface area contributed by atoms with E-state index in [1.165, 1.54) is 28.2 Å². The first-order valence-corrected chi connectivity index (χ1v) is 8.20. The summed E-state index contributed by atoms with van der Waals surface area (Å²) in [4.78, 5) is 13.0. The second kappa shape index (κ2) is 6.54. The van der Waals surface area contributed by atoms with Gasteiger partial charge in [0.25, 0.3) is 5.91 Å². The lowest BCUT2D eigenvalue weighted by molar-refractivity contribution is 0.0555. The van der Waals surface area contributed by atoms with Crippen molar-refractivity contribution in [1.29, 1.82) is 0 Å². The van der Waals surface area contributed by atoms with Crippen LogP contribution in [0.1, 0.15) is 22.3 Å². The Morgan fingerprint density at radius 1 is 1.33 bits per heavy atom. The molecule has 2 heterocycles. The molecule has 0 saturated heterocycles. The number of rotatable bonds is 5. The molecule has 2 aromatic heterocycles. The number of carbonyl (C=O) groups is 1. The van der Waals surface area contributed by atoms with E-state index < -0.39 is 5.60 Å². The number of nitrogens with one attached hydrogen (secondary N) is 1. The molecule has 124 valence electrons. The third-order valence-corrected chi connectivity index (χ3v) is 4.68. The van der Waals surface area contributed by atoms with Crippen molar-refractivity contribution in [2.75, 3.05) is 6.54 Å². The lowest BCUT2D eigenvalue weighted by Crippen LogP contribution is -2.38. The van der Waals surface area contributed by atoms with E-state index in [0.717, 1.165) is 4.88 Å². The number of aliphatic hydroxyl groups is 1. The molecule has 7 heteroatoms. The van der Waals surface area contributed by atoms with Gasteiger partial charge >= 0.3 is 0 Å². The average molecular weight is 345 g/mol. The highest BCUT2D eigenvalue weighted by Gasteiger charge is 2.25. The van der Waals surface area contributed by atoms with Gasteiger partial charge in [0, 0.05) is 11.1 Å². The highest BCUT2D eigenvalue weighted by molar-refractivity contribution is 7.10. The van der Waals surface area contributed by atoms with Crippen LogP contribution in [-0.2, 0) is 5.60 Å². The number of nitrogens with zero attached hydrogens (tertiary/aromatic N) is 2. The molecule has 3 aromatic rings. The lowest BCUT2D eigenvalue weighted by Gasteiger charge is -2.21. The van der Waals surface area contributed by atoms with Gasteiger partial charge in [-0.2, -0.15) is 5.10 Å². The SMILES string of the molecule is CC(O)(CNC(=O)c1ccn(-c2ccc(F)cc2)n1)c1cccs1. The maximum Gasteiger partial charge on any atom is 0.271 e. The van der Waals surface area contributed by atoms with Crippen LogP contribution in [0.5, 0.6) is 0 Å². The summed E-state index contributed by atoms with van der Waals surface area (Å²) >= 11 is 1.43. The maximum absolute atomic E-state index is 12.9. The number of hydrogen-bond acceptors (Lipinski definition) is 4. The first-order valence-electron chi connectivity index (χ1n) is 7.32. The van der Waals surface area contributed by atoms with Crippen molar-refractivity contribution in [1.82, 2.24) is 15.1 Å². The zero-order valence-electron chi connectivity index (χ0n) is 12.9. The molecule has 0 radical (unpaired) electrons. The third kappa shape index (κ3) is 3.52. The van der Waals surface area contributed by atoms with Gasteiger partial charge in [-0.05, 0) is 48.7 Å². The summed E-state index contributed by atoms with van der Waals surface area (Å²) in [5, 5.41) is 19.1. The maximum atomic E-state index is 12.9. The van der Waals surface area contributed by atoms with Crippen molar-refractivity contribution < 1.29 is 14.3 Å². The Balaban J connectivity index is 1.67. The topological polar surface area (TPSA) is 67.2 Å². The fourth-order valence-corrected chi connectivity index (χ4v) is 2.98. The molecule has 5 nitrogen and oxygen atoms in total. The van der Waals surface area contributed by atoms with Crippen LogP contribution in [0.25, 0.3) is 5.69 Å². The predicted octanol–water partition coefficient (Wildman–Crippen LogP) is 2.71. The largest absolute Gasteiger partial charge is 0.383 e. The lowest BCUT2D eigenvalue weighted by atomic mass is 10.1. The molecule has 0 aliphatic heterocycles. The van der Waals surface area contributed by atoms with E-state index in [4.69, 9.17) is 0 Å². The van der Waals surface area contributed by atoms with Crippen LogP contribution in [0, 0.1) is 5.82 Å². The molecule has 0 fully saturated rings. The van der Waals surface area contributed by atoms with Gasteiger partial charge in [0.1, 0.15) is 11.4 Å². The Labute approximate surface area is 142 Å². The Morgan fingerprint density at radius 3 is 2.75 bits per heavy atom. The van der Waals surface area contributed by atoms with Crippen LogP contribution in [0.3, 0.4) is 0 Å². The van der Waals surface area contributed by atoms with Crippen molar-refractivity contribution >= 4 is 17.2 Å². The smallest absolute Gasteiger partial charge is 0.271 e. The van der Waals surface area contributed by atoms with Crippen LogP contribution in [-0.4, -0.2) is 27.3 Å². The van der Waals surface area contributed by atoms with Gasteiger partial charge in [-0.25, -0.2) is 9.07 Å². The van der Waals surface area contributed by atoms with Crippen LogP contribution in [0.2, 0.25) is 0 Å². The van der Waals surface area contributed by atoms with Gasteiger partial charge < -0.3 is 10.4 Å². The van der Waals surface area contributed by atoms with Crippen molar-refractivity contribution in [3.8, 4) is 5.69 Å². The van der Waals surface area contributed by atoms with E-state index in [1.54, 1.807) is 31.3 Å². The zero-order valence-corrected chi connectivity index (χ0v) is 13.8. The van der Waals surface area contributed by atoms with Gasteiger partial charge in [-0.3, -0.25) is 4.79 Å². The van der Waals surface area contributed by atoms with Gasteiger partial charge in [0.15, 0.2) is 5.69 Å². The summed E-state index contributed by atoms with van der Waals surface area (Å²) in [7, 11) is 0. The summed E-state index contributed by atoms with van der Waals surface area (Å²) in [6.07, 6.45) is 1.62. The molecule has 0 aliphatic carbocycles. The molecule has 1 unspecified atom stereocenters. The van der Waals surface area contributed by atoms with Crippen LogP contribution in [0.15, 0.2) is 54.0 Å². The monoisotopic (exact) mass is 345 g/mol. The van der Waals surface area contributed by atoms with Gasteiger partial charge in [-0.1, -0.05) is 6.07 Å². The molecule has 0 aliphatic rings. The van der Waals surface area contributed by atoms with E-state index >= 15 is 0 Å². The average Bonchev–Trinajstić information content (AvgIpc) is 3.25. The molecular weight excluding hydrogens is 329 g/mol. The van der Waals surface area contributed by atoms with E-state index in [2.05, 4.69) is 10.4 Å². The number of carbonyl (C=O) groups excluding carboxylic acids is 1. The third-order valence-electron chi connectivity index (χ3n) is 3.56. The van der Waals surface area contributed by atoms with Crippen molar-refractivity contribution in [3.63, 3.8) is 0 Å². The first kappa shape index (κ1) is 16.4. The summed E-state index contributed by atoms with van der Waals surface area (Å²) in [5.41, 5.74) is -0.258. The minimum absolute atomic E-state index is 0.0791. The summed E-state index contributed by atoms with van der Waals surface area (Å²) in [6.45, 7) is 1.73. The number of benzene rings is 1. The summed E-state index contributed by atoms with van der Waals surface area (Å²) in [6, 6.07) is 11.0. The van der Waals surface area contributed by atoms with Gasteiger partial charge in [0.2, 0.25) is 0 Å². The summed E-state index contributed by atoms with van der Waals surface area (Å²) < 4.78 is 14.4. The quantitative estimate of drug-likeness (QED) is 0.747. The van der Waals surface area contributed by atoms with Crippen LogP contribution < -0.4 is 5.32 Å². The minimum atomic E-state index is -1.14. The Hall–Kier alpha value is -2.51. The highest BCUT2D eigenvalue weighted by Crippen LogP contribution is 2.24. The van der Waals surface area contributed by atoms with Gasteiger partial charge in [0.05, 0.1) is 12.2 Å². The Bertz CT molecular complexity index is 826.